The van der Waals surface area contributed by atoms with Crippen LogP contribution in [0.4, 0.5) is 11.6 Å². The highest BCUT2D eigenvalue weighted by Gasteiger charge is 2.14. The minimum atomic E-state index is 0.527. The Labute approximate surface area is 134 Å². The molecule has 0 bridgehead atoms. The molecule has 0 aromatic carbocycles. The highest BCUT2D eigenvalue weighted by Crippen LogP contribution is 2.31. The van der Waals surface area contributed by atoms with Crippen molar-refractivity contribution in [3.8, 4) is 0 Å². The van der Waals surface area contributed by atoms with Crippen molar-refractivity contribution < 1.29 is 0 Å². The monoisotopic (exact) mass is 327 g/mol. The van der Waals surface area contributed by atoms with E-state index in [9.17, 15) is 0 Å². The van der Waals surface area contributed by atoms with Crippen molar-refractivity contribution in [2.45, 2.75) is 19.9 Å². The molecule has 0 amide bonds. The quantitative estimate of drug-likeness (QED) is 0.880. The molecule has 0 aliphatic carbocycles. The molecule has 0 saturated heterocycles. The normalized spacial score (nSPS) is 10.7. The van der Waals surface area contributed by atoms with Crippen LogP contribution < -0.4 is 10.2 Å². The van der Waals surface area contributed by atoms with E-state index in [1.54, 1.807) is 12.3 Å². The average Bonchev–Trinajstić information content (AvgIpc) is 2.83. The molecule has 0 atom stereocenters. The van der Waals surface area contributed by atoms with E-state index in [4.69, 9.17) is 23.2 Å². The Morgan fingerprint density at radius 3 is 2.71 bits per heavy atom. The van der Waals surface area contributed by atoms with Crippen molar-refractivity contribution in [3.63, 3.8) is 0 Å². The van der Waals surface area contributed by atoms with Crippen LogP contribution in [-0.4, -0.2) is 28.1 Å². The maximum absolute atomic E-state index is 6.27. The second kappa shape index (κ2) is 7.00. The summed E-state index contributed by atoms with van der Waals surface area (Å²) in [6, 6.07) is 1.72. The summed E-state index contributed by atoms with van der Waals surface area (Å²) < 4.78 is 1.97. The number of imidazole rings is 1. The lowest BCUT2D eigenvalue weighted by atomic mass is 10.3. The van der Waals surface area contributed by atoms with Gasteiger partial charge in [-0.15, -0.1) is 0 Å². The SMILES string of the molecule is CCCNc1nc(N(C)Cc2nccn2C)c(Cl)cc1Cl. The zero-order valence-corrected chi connectivity index (χ0v) is 13.9. The van der Waals surface area contributed by atoms with E-state index in [2.05, 4.69) is 22.2 Å². The molecule has 0 unspecified atom stereocenters. The average molecular weight is 328 g/mol. The molecule has 0 spiro atoms. The van der Waals surface area contributed by atoms with E-state index in [-0.39, 0.29) is 0 Å². The van der Waals surface area contributed by atoms with E-state index in [0.29, 0.717) is 28.2 Å². The van der Waals surface area contributed by atoms with Gasteiger partial charge in [0.05, 0.1) is 16.6 Å². The van der Waals surface area contributed by atoms with Crippen molar-refractivity contribution in [3.05, 3.63) is 34.3 Å². The summed E-state index contributed by atoms with van der Waals surface area (Å²) in [5.74, 6) is 2.28. The summed E-state index contributed by atoms with van der Waals surface area (Å²) in [6.45, 7) is 3.52. The predicted octanol–water partition coefficient (Wildman–Crippen LogP) is 3.58. The zero-order chi connectivity index (χ0) is 15.4. The van der Waals surface area contributed by atoms with Gasteiger partial charge in [-0.2, -0.15) is 0 Å². The van der Waals surface area contributed by atoms with Gasteiger partial charge in [0, 0.05) is 33.0 Å². The summed E-state index contributed by atoms with van der Waals surface area (Å²) in [7, 11) is 3.89. The standard InChI is InChI=1S/C14H19Cl2N5/c1-4-5-18-13-10(15)8-11(16)14(19-13)21(3)9-12-17-6-7-20(12)2/h6-8H,4-5,9H2,1-3H3,(H,18,19). The molecule has 0 fully saturated rings. The molecular weight excluding hydrogens is 309 g/mol. The number of pyridine rings is 1. The van der Waals surface area contributed by atoms with E-state index in [0.717, 1.165) is 18.8 Å². The summed E-state index contributed by atoms with van der Waals surface area (Å²) in [5, 5.41) is 4.26. The van der Waals surface area contributed by atoms with Crippen molar-refractivity contribution in [1.29, 1.82) is 0 Å². The van der Waals surface area contributed by atoms with Crippen LogP contribution in [0.3, 0.4) is 0 Å². The highest BCUT2D eigenvalue weighted by molar-refractivity contribution is 6.37. The minimum Gasteiger partial charge on any atom is -0.369 e. The lowest BCUT2D eigenvalue weighted by Crippen LogP contribution is -2.21. The minimum absolute atomic E-state index is 0.527. The maximum Gasteiger partial charge on any atom is 0.150 e. The van der Waals surface area contributed by atoms with Crippen LogP contribution in [0.5, 0.6) is 0 Å². The van der Waals surface area contributed by atoms with Gasteiger partial charge in [0.2, 0.25) is 0 Å². The lowest BCUT2D eigenvalue weighted by molar-refractivity contribution is 0.755. The summed E-state index contributed by atoms with van der Waals surface area (Å²) in [6.07, 6.45) is 4.68. The molecule has 2 aromatic heterocycles. The first-order valence-corrected chi connectivity index (χ1v) is 7.55. The fourth-order valence-electron chi connectivity index (χ4n) is 1.93. The van der Waals surface area contributed by atoms with Crippen molar-refractivity contribution in [1.82, 2.24) is 14.5 Å². The zero-order valence-electron chi connectivity index (χ0n) is 12.4. The molecule has 5 nitrogen and oxygen atoms in total. The molecule has 2 heterocycles. The molecule has 2 aromatic rings. The van der Waals surface area contributed by atoms with Gasteiger partial charge in [0.25, 0.3) is 0 Å². The van der Waals surface area contributed by atoms with Gasteiger partial charge in [-0.05, 0) is 12.5 Å². The number of aromatic nitrogens is 3. The maximum atomic E-state index is 6.27. The van der Waals surface area contributed by atoms with E-state index >= 15 is 0 Å². The molecule has 1 N–H and O–H groups in total. The van der Waals surface area contributed by atoms with E-state index in [1.807, 2.05) is 29.8 Å². The van der Waals surface area contributed by atoms with Crippen LogP contribution in [0.15, 0.2) is 18.5 Å². The molecule has 0 aliphatic heterocycles. The lowest BCUT2D eigenvalue weighted by Gasteiger charge is -2.20. The third-order valence-corrected chi connectivity index (χ3v) is 3.68. The molecule has 0 aliphatic rings. The summed E-state index contributed by atoms with van der Waals surface area (Å²) in [5.41, 5.74) is 0. The first kappa shape index (κ1) is 15.9. The number of halogens is 2. The molecule has 0 saturated carbocycles. The number of nitrogens with zero attached hydrogens (tertiary/aromatic N) is 4. The number of hydrogen-bond acceptors (Lipinski definition) is 4. The first-order valence-electron chi connectivity index (χ1n) is 6.80. The smallest absolute Gasteiger partial charge is 0.150 e. The highest BCUT2D eigenvalue weighted by atomic mass is 35.5. The van der Waals surface area contributed by atoms with Crippen molar-refractivity contribution in [2.75, 3.05) is 23.8 Å². The first-order chi connectivity index (χ1) is 10.0. The molecule has 114 valence electrons. The summed E-state index contributed by atoms with van der Waals surface area (Å²) in [4.78, 5) is 10.8. The Bertz CT molecular complexity index is 611. The van der Waals surface area contributed by atoms with Gasteiger partial charge < -0.3 is 14.8 Å². The molecule has 7 heteroatoms. The number of rotatable bonds is 6. The predicted molar refractivity (Wildman–Crippen MR) is 88.4 cm³/mol. The molecule has 2 rings (SSSR count). The Hall–Kier alpha value is -1.46. The van der Waals surface area contributed by atoms with Gasteiger partial charge in [0.1, 0.15) is 17.5 Å². The van der Waals surface area contributed by atoms with Crippen LogP contribution in [0.25, 0.3) is 0 Å². The van der Waals surface area contributed by atoms with Gasteiger partial charge in [-0.1, -0.05) is 30.1 Å². The number of nitrogens with one attached hydrogen (secondary N) is 1. The Morgan fingerprint density at radius 1 is 1.33 bits per heavy atom. The van der Waals surface area contributed by atoms with Crippen LogP contribution in [0, 0.1) is 0 Å². The molecule has 21 heavy (non-hydrogen) atoms. The van der Waals surface area contributed by atoms with E-state index < -0.39 is 0 Å². The Kier molecular flexibility index (Phi) is 5.31. The molecule has 0 radical (unpaired) electrons. The van der Waals surface area contributed by atoms with Gasteiger partial charge >= 0.3 is 0 Å². The van der Waals surface area contributed by atoms with Gasteiger partial charge in [-0.3, -0.25) is 0 Å². The number of anilines is 2. The topological polar surface area (TPSA) is 46.0 Å². The van der Waals surface area contributed by atoms with Gasteiger partial charge in [-0.25, -0.2) is 9.97 Å². The second-order valence-corrected chi connectivity index (χ2v) is 5.68. The van der Waals surface area contributed by atoms with Crippen LogP contribution >= 0.6 is 23.2 Å². The number of hydrogen-bond donors (Lipinski definition) is 1. The van der Waals surface area contributed by atoms with Crippen molar-refractivity contribution in [2.24, 2.45) is 7.05 Å². The van der Waals surface area contributed by atoms with Gasteiger partial charge in [0.15, 0.2) is 0 Å². The summed E-state index contributed by atoms with van der Waals surface area (Å²) >= 11 is 12.4. The Balaban J connectivity index is 2.23. The largest absolute Gasteiger partial charge is 0.369 e. The van der Waals surface area contributed by atoms with E-state index in [1.165, 1.54) is 0 Å². The van der Waals surface area contributed by atoms with Crippen LogP contribution in [-0.2, 0) is 13.6 Å². The fourth-order valence-corrected chi connectivity index (χ4v) is 2.50. The molecular formula is C14H19Cl2N5. The van der Waals surface area contributed by atoms with Crippen LogP contribution in [0.2, 0.25) is 10.0 Å². The fraction of sp³-hybridized carbons (Fsp3) is 0.429. The second-order valence-electron chi connectivity index (χ2n) is 4.86. The van der Waals surface area contributed by atoms with Crippen molar-refractivity contribution >= 4 is 34.8 Å². The third-order valence-electron chi connectivity index (χ3n) is 3.11. The Morgan fingerprint density at radius 2 is 2.10 bits per heavy atom. The number of aryl methyl sites for hydroxylation is 1. The third kappa shape index (κ3) is 3.80. The van der Waals surface area contributed by atoms with Crippen LogP contribution in [0.1, 0.15) is 19.2 Å².